The summed E-state index contributed by atoms with van der Waals surface area (Å²) >= 11 is 1.70. The summed E-state index contributed by atoms with van der Waals surface area (Å²) in [6.07, 6.45) is 2.96. The molecule has 2 rings (SSSR count). The van der Waals surface area contributed by atoms with E-state index in [9.17, 15) is 0 Å². The molecule has 0 spiro atoms. The summed E-state index contributed by atoms with van der Waals surface area (Å²) in [6, 6.07) is 8.23. The Morgan fingerprint density at radius 1 is 1.19 bits per heavy atom. The number of aromatic nitrogens is 1. The zero-order valence-corrected chi connectivity index (χ0v) is 18.9. The SMILES string of the molecule is CCNC(=NCCCc1ccc(OC)cc1)NCCc1csc(C)n1.I. The van der Waals surface area contributed by atoms with Gasteiger partial charge in [0, 0.05) is 31.4 Å². The van der Waals surface area contributed by atoms with E-state index in [0.29, 0.717) is 0 Å². The summed E-state index contributed by atoms with van der Waals surface area (Å²) in [5, 5.41) is 9.91. The first kappa shape index (κ1) is 22.7. The number of guanidine groups is 1. The van der Waals surface area contributed by atoms with Gasteiger partial charge in [-0.15, -0.1) is 35.3 Å². The Morgan fingerprint density at radius 3 is 2.58 bits per heavy atom. The van der Waals surface area contributed by atoms with Crippen LogP contribution in [0.5, 0.6) is 5.75 Å². The van der Waals surface area contributed by atoms with E-state index in [-0.39, 0.29) is 24.0 Å². The first-order valence-electron chi connectivity index (χ1n) is 8.77. The number of aryl methyl sites for hydroxylation is 2. The fourth-order valence-electron chi connectivity index (χ4n) is 2.44. The fraction of sp³-hybridized carbons (Fsp3) is 0.474. The van der Waals surface area contributed by atoms with E-state index < -0.39 is 0 Å². The first-order valence-corrected chi connectivity index (χ1v) is 9.65. The molecular formula is C19H29IN4OS. The standard InChI is InChI=1S/C19H28N4OS.HI/c1-4-20-19(22-13-11-17-14-25-15(2)23-17)21-12-5-6-16-7-9-18(24-3)10-8-16;/h7-10,14H,4-6,11-13H2,1-3H3,(H2,20,21,22);1H. The molecule has 0 aliphatic rings. The lowest BCUT2D eigenvalue weighted by Crippen LogP contribution is -2.38. The highest BCUT2D eigenvalue weighted by Gasteiger charge is 2.01. The van der Waals surface area contributed by atoms with E-state index >= 15 is 0 Å². The zero-order valence-electron chi connectivity index (χ0n) is 15.7. The Bertz CT molecular complexity index is 658. The highest BCUT2D eigenvalue weighted by atomic mass is 127. The molecule has 0 aliphatic heterocycles. The van der Waals surface area contributed by atoms with E-state index in [2.05, 4.69) is 45.0 Å². The molecule has 0 amide bonds. The van der Waals surface area contributed by atoms with Crippen molar-refractivity contribution in [2.24, 2.45) is 4.99 Å². The van der Waals surface area contributed by atoms with Crippen LogP contribution in [-0.2, 0) is 12.8 Å². The second-order valence-electron chi connectivity index (χ2n) is 5.75. The number of halogens is 1. The van der Waals surface area contributed by atoms with Crippen LogP contribution in [0.2, 0.25) is 0 Å². The van der Waals surface area contributed by atoms with Gasteiger partial charge in [0.25, 0.3) is 0 Å². The minimum Gasteiger partial charge on any atom is -0.497 e. The molecule has 0 saturated heterocycles. The normalized spacial score (nSPS) is 11.0. The maximum absolute atomic E-state index is 5.18. The molecule has 0 fully saturated rings. The molecule has 0 radical (unpaired) electrons. The molecule has 0 aliphatic carbocycles. The average molecular weight is 488 g/mol. The quantitative estimate of drug-likeness (QED) is 0.244. The molecule has 0 saturated carbocycles. The predicted molar refractivity (Wildman–Crippen MR) is 121 cm³/mol. The first-order chi connectivity index (χ1) is 12.2. The summed E-state index contributed by atoms with van der Waals surface area (Å²) in [5.74, 6) is 1.78. The molecule has 0 unspecified atom stereocenters. The molecule has 2 N–H and O–H groups in total. The third kappa shape index (κ3) is 8.35. The number of nitrogens with zero attached hydrogens (tertiary/aromatic N) is 2. The maximum atomic E-state index is 5.18. The molecular weight excluding hydrogens is 459 g/mol. The number of nitrogens with one attached hydrogen (secondary N) is 2. The van der Waals surface area contributed by atoms with Crippen molar-refractivity contribution in [3.8, 4) is 5.75 Å². The lowest BCUT2D eigenvalue weighted by molar-refractivity contribution is 0.414. The summed E-state index contributed by atoms with van der Waals surface area (Å²) in [6.45, 7) is 6.62. The van der Waals surface area contributed by atoms with Gasteiger partial charge in [-0.3, -0.25) is 4.99 Å². The van der Waals surface area contributed by atoms with Gasteiger partial charge in [0.05, 0.1) is 17.8 Å². The van der Waals surface area contributed by atoms with Crippen LogP contribution >= 0.6 is 35.3 Å². The van der Waals surface area contributed by atoms with Gasteiger partial charge < -0.3 is 15.4 Å². The number of hydrogen-bond donors (Lipinski definition) is 2. The summed E-state index contributed by atoms with van der Waals surface area (Å²) in [7, 11) is 1.69. The summed E-state index contributed by atoms with van der Waals surface area (Å²) in [4.78, 5) is 9.13. The molecule has 0 bridgehead atoms. The van der Waals surface area contributed by atoms with E-state index in [1.165, 1.54) is 5.56 Å². The summed E-state index contributed by atoms with van der Waals surface area (Å²) < 4.78 is 5.18. The Kier molecular flexibility index (Phi) is 11.3. The van der Waals surface area contributed by atoms with E-state index in [4.69, 9.17) is 4.74 Å². The van der Waals surface area contributed by atoms with Crippen molar-refractivity contribution in [3.05, 3.63) is 45.9 Å². The number of aliphatic imine (C=N–C) groups is 1. The molecule has 26 heavy (non-hydrogen) atoms. The van der Waals surface area contributed by atoms with Crippen LogP contribution in [0.1, 0.15) is 29.6 Å². The van der Waals surface area contributed by atoms with Crippen molar-refractivity contribution in [2.45, 2.75) is 33.1 Å². The Hall–Kier alpha value is -1.35. The van der Waals surface area contributed by atoms with Gasteiger partial charge in [-0.1, -0.05) is 12.1 Å². The highest BCUT2D eigenvalue weighted by molar-refractivity contribution is 14.0. The van der Waals surface area contributed by atoms with Crippen LogP contribution in [-0.4, -0.2) is 37.7 Å². The Balaban J connectivity index is 0.00000338. The topological polar surface area (TPSA) is 58.5 Å². The number of methoxy groups -OCH3 is 1. The molecule has 7 heteroatoms. The van der Waals surface area contributed by atoms with Gasteiger partial charge >= 0.3 is 0 Å². The monoisotopic (exact) mass is 488 g/mol. The third-order valence-corrected chi connectivity index (χ3v) is 4.56. The molecule has 1 aromatic heterocycles. The molecule has 1 aromatic carbocycles. The highest BCUT2D eigenvalue weighted by Crippen LogP contribution is 2.12. The number of benzene rings is 1. The second kappa shape index (κ2) is 12.9. The van der Waals surface area contributed by atoms with Gasteiger partial charge in [-0.2, -0.15) is 0 Å². The van der Waals surface area contributed by atoms with Crippen LogP contribution in [0.25, 0.3) is 0 Å². The number of thiazole rings is 1. The lowest BCUT2D eigenvalue weighted by Gasteiger charge is -2.10. The second-order valence-corrected chi connectivity index (χ2v) is 6.81. The number of hydrogen-bond acceptors (Lipinski definition) is 4. The van der Waals surface area contributed by atoms with E-state index in [1.54, 1.807) is 18.4 Å². The minimum atomic E-state index is 0. The molecule has 5 nitrogen and oxygen atoms in total. The van der Waals surface area contributed by atoms with Crippen molar-refractivity contribution in [3.63, 3.8) is 0 Å². The lowest BCUT2D eigenvalue weighted by atomic mass is 10.1. The fourth-order valence-corrected chi connectivity index (χ4v) is 3.09. The molecule has 2 aromatic rings. The number of rotatable bonds is 9. The van der Waals surface area contributed by atoms with Crippen molar-refractivity contribution >= 4 is 41.3 Å². The van der Waals surface area contributed by atoms with Crippen LogP contribution in [0.15, 0.2) is 34.6 Å². The number of ether oxygens (including phenoxy) is 1. The van der Waals surface area contributed by atoms with Crippen molar-refractivity contribution in [2.75, 3.05) is 26.7 Å². The largest absolute Gasteiger partial charge is 0.497 e. The maximum Gasteiger partial charge on any atom is 0.191 e. The predicted octanol–water partition coefficient (Wildman–Crippen LogP) is 3.81. The van der Waals surface area contributed by atoms with Crippen molar-refractivity contribution in [1.29, 1.82) is 0 Å². The minimum absolute atomic E-state index is 0. The van der Waals surface area contributed by atoms with Crippen molar-refractivity contribution < 1.29 is 4.74 Å². The van der Waals surface area contributed by atoms with Crippen LogP contribution < -0.4 is 15.4 Å². The van der Waals surface area contributed by atoms with Crippen LogP contribution in [0, 0.1) is 6.92 Å². The average Bonchev–Trinajstić information content (AvgIpc) is 3.04. The van der Waals surface area contributed by atoms with Crippen LogP contribution in [0.3, 0.4) is 0 Å². The van der Waals surface area contributed by atoms with Gasteiger partial charge in [0.15, 0.2) is 5.96 Å². The van der Waals surface area contributed by atoms with E-state index in [0.717, 1.165) is 61.3 Å². The molecule has 0 atom stereocenters. The zero-order chi connectivity index (χ0) is 17.9. The van der Waals surface area contributed by atoms with Crippen LogP contribution in [0.4, 0.5) is 0 Å². The van der Waals surface area contributed by atoms with Gasteiger partial charge in [-0.25, -0.2) is 4.98 Å². The van der Waals surface area contributed by atoms with Gasteiger partial charge in [-0.05, 0) is 44.4 Å². The van der Waals surface area contributed by atoms with Gasteiger partial charge in [0.1, 0.15) is 5.75 Å². The molecule has 1 heterocycles. The smallest absolute Gasteiger partial charge is 0.191 e. The molecule has 144 valence electrons. The van der Waals surface area contributed by atoms with E-state index in [1.807, 2.05) is 19.1 Å². The Labute approximate surface area is 177 Å². The van der Waals surface area contributed by atoms with Gasteiger partial charge in [0.2, 0.25) is 0 Å². The Morgan fingerprint density at radius 2 is 1.96 bits per heavy atom. The third-order valence-electron chi connectivity index (χ3n) is 3.74. The summed E-state index contributed by atoms with van der Waals surface area (Å²) in [5.41, 5.74) is 2.46. The van der Waals surface area contributed by atoms with Crippen molar-refractivity contribution in [1.82, 2.24) is 15.6 Å².